The Kier molecular flexibility index (Phi) is 4.20. The summed E-state index contributed by atoms with van der Waals surface area (Å²) < 4.78 is 0. The number of aromatic amines is 1. The van der Waals surface area contributed by atoms with Gasteiger partial charge in [0.05, 0.1) is 16.9 Å². The van der Waals surface area contributed by atoms with Gasteiger partial charge in [0.2, 0.25) is 11.8 Å². The molecule has 1 saturated heterocycles. The first-order valence-electron chi connectivity index (χ1n) is 10.6. The maximum atomic E-state index is 13.3. The number of nitrogens with zero attached hydrogens (tertiary/aromatic N) is 1. The highest BCUT2D eigenvalue weighted by Gasteiger charge is 2.70. The number of carboxylic acid groups (broad SMARTS) is 1. The number of carboxylic acids is 1. The summed E-state index contributed by atoms with van der Waals surface area (Å²) in [4.78, 5) is 54.8. The van der Waals surface area contributed by atoms with Gasteiger partial charge in [0.15, 0.2) is 0 Å². The Morgan fingerprint density at radius 1 is 1.16 bits per heavy atom. The number of benzene rings is 1. The largest absolute Gasteiger partial charge is 0.508 e. The molecule has 2 bridgehead atoms. The summed E-state index contributed by atoms with van der Waals surface area (Å²) in [5.41, 5.74) is 0.718. The summed E-state index contributed by atoms with van der Waals surface area (Å²) in [6.45, 7) is 1.37. The fourth-order valence-corrected chi connectivity index (χ4v) is 9.51. The van der Waals surface area contributed by atoms with E-state index in [0.717, 1.165) is 31.7 Å². The van der Waals surface area contributed by atoms with Crippen molar-refractivity contribution in [1.82, 2.24) is 9.88 Å². The van der Waals surface area contributed by atoms with Crippen LogP contribution < -0.4 is 4.87 Å². The van der Waals surface area contributed by atoms with Gasteiger partial charge < -0.3 is 15.2 Å². The van der Waals surface area contributed by atoms with Gasteiger partial charge >= 0.3 is 10.8 Å². The predicted molar refractivity (Wildman–Crippen MR) is 116 cm³/mol. The molecule has 2 aliphatic carbocycles. The smallest absolute Gasteiger partial charge is 0.326 e. The second-order valence-corrected chi connectivity index (χ2v) is 11.3. The van der Waals surface area contributed by atoms with Gasteiger partial charge in [0.1, 0.15) is 11.8 Å². The Morgan fingerprint density at radius 3 is 2.53 bits per heavy atom. The molecule has 3 heterocycles. The number of hydrogen-bond acceptors (Lipinski definition) is 7. The lowest BCUT2D eigenvalue weighted by molar-refractivity contribution is -0.154. The first-order valence-corrected chi connectivity index (χ1v) is 12.3. The second-order valence-electron chi connectivity index (χ2n) is 9.08. The van der Waals surface area contributed by atoms with Crippen molar-refractivity contribution in [3.8, 4) is 5.75 Å². The third-order valence-electron chi connectivity index (χ3n) is 7.77. The van der Waals surface area contributed by atoms with Crippen molar-refractivity contribution in [1.29, 1.82) is 0 Å². The molecule has 2 amide bonds. The average Bonchev–Trinajstić information content (AvgIpc) is 3.47. The SMILES string of the molecule is C[C@H](C(=O)O)N1C(=O)[C@H]2[C@@H]3C[C@@H]([C@@H]2C1=O)[C@H]1[C@H](c2ccccc2O)c2sc(=O)[nH]c2S[C@H]31. The molecule has 8 atom stereocenters. The molecule has 1 aromatic carbocycles. The number of H-pyrrole nitrogens is 1. The van der Waals surface area contributed by atoms with Gasteiger partial charge in [-0.1, -0.05) is 29.5 Å². The van der Waals surface area contributed by atoms with E-state index in [0.29, 0.717) is 6.42 Å². The third-order valence-corrected chi connectivity index (χ3v) is 10.4. The zero-order chi connectivity index (χ0) is 22.5. The summed E-state index contributed by atoms with van der Waals surface area (Å²) in [5, 5.41) is 20.9. The number of aromatic nitrogens is 1. The molecule has 3 N–H and O–H groups in total. The second kappa shape index (κ2) is 6.71. The molecule has 1 aromatic heterocycles. The number of imide groups is 1. The van der Waals surface area contributed by atoms with E-state index in [1.165, 1.54) is 6.92 Å². The van der Waals surface area contributed by atoms with Gasteiger partial charge in [-0.15, -0.1) is 11.8 Å². The molecule has 8 nitrogen and oxygen atoms in total. The van der Waals surface area contributed by atoms with Gasteiger partial charge in [0.25, 0.3) is 0 Å². The van der Waals surface area contributed by atoms with Crippen LogP contribution in [0.15, 0.2) is 34.1 Å². The Balaban J connectivity index is 1.47. The number of para-hydroxylation sites is 1. The molecule has 4 aliphatic rings. The number of carbonyl (C=O) groups is 3. The number of amides is 2. The number of fused-ring (bicyclic) bond motifs is 9. The molecule has 3 fully saturated rings. The van der Waals surface area contributed by atoms with Crippen molar-refractivity contribution >= 4 is 40.9 Å². The van der Waals surface area contributed by atoms with Gasteiger partial charge in [-0.05, 0) is 37.2 Å². The Hall–Kier alpha value is -2.59. The van der Waals surface area contributed by atoms with Gasteiger partial charge in [-0.3, -0.25) is 19.3 Å². The zero-order valence-corrected chi connectivity index (χ0v) is 18.6. The molecule has 2 aromatic rings. The minimum Gasteiger partial charge on any atom is -0.508 e. The molecular weight excluding hydrogens is 452 g/mol. The number of aliphatic carboxylic acids is 1. The van der Waals surface area contributed by atoms with Crippen LogP contribution in [0, 0.1) is 29.6 Å². The van der Waals surface area contributed by atoms with Gasteiger partial charge in [-0.2, -0.15) is 0 Å². The first-order chi connectivity index (χ1) is 15.3. The first kappa shape index (κ1) is 20.0. The molecular formula is C22H20N2O6S2. The van der Waals surface area contributed by atoms with Crippen LogP contribution in [0.1, 0.15) is 29.7 Å². The lowest BCUT2D eigenvalue weighted by Crippen LogP contribution is -2.44. The lowest BCUT2D eigenvalue weighted by atomic mass is 9.68. The van der Waals surface area contributed by atoms with E-state index in [9.17, 15) is 29.4 Å². The maximum Gasteiger partial charge on any atom is 0.326 e. The number of phenolic OH excluding ortho intramolecular Hbond substituents is 1. The lowest BCUT2D eigenvalue weighted by Gasteiger charge is -2.43. The number of hydrogen-bond donors (Lipinski definition) is 3. The minimum atomic E-state index is -1.20. The normalized spacial score (nSPS) is 35.5. The van der Waals surface area contributed by atoms with Crippen molar-refractivity contribution in [2.45, 2.75) is 35.6 Å². The molecule has 2 aliphatic heterocycles. The van der Waals surface area contributed by atoms with Crippen molar-refractivity contribution in [2.75, 3.05) is 0 Å². The molecule has 2 saturated carbocycles. The minimum absolute atomic E-state index is 0.000408. The third kappa shape index (κ3) is 2.45. The number of likely N-dealkylation sites (tertiary alicyclic amines) is 1. The number of carbonyl (C=O) groups excluding carboxylic acids is 2. The van der Waals surface area contributed by atoms with Crippen LogP contribution in [0.3, 0.4) is 0 Å². The summed E-state index contributed by atoms with van der Waals surface area (Å²) in [7, 11) is 0. The average molecular weight is 473 g/mol. The maximum absolute atomic E-state index is 13.3. The Morgan fingerprint density at radius 2 is 1.84 bits per heavy atom. The van der Waals surface area contributed by atoms with Crippen LogP contribution in [0.5, 0.6) is 5.75 Å². The Bertz CT molecular complexity index is 1240. The standard InChI is InChI=1S/C22H20N2O6S2/c1-7(21(28)29)24-19(26)14-9-6-10(15(14)20(24)27)16-13(9)12(8-4-2-3-5-11(8)25)17-18(31-16)23-22(30)32-17/h2-5,7,9-10,12-16,25H,6H2,1H3,(H,23,30)(H,28,29)/t7-,9-,10+,12+,13+,14+,15+,16-/m1/s1. The van der Waals surface area contributed by atoms with E-state index in [1.54, 1.807) is 23.9 Å². The van der Waals surface area contributed by atoms with Crippen molar-refractivity contribution in [2.24, 2.45) is 29.6 Å². The molecule has 6 rings (SSSR count). The number of nitrogens with one attached hydrogen (secondary N) is 1. The van der Waals surface area contributed by atoms with Crippen molar-refractivity contribution in [3.05, 3.63) is 44.4 Å². The highest BCUT2D eigenvalue weighted by Crippen LogP contribution is 2.69. The topological polar surface area (TPSA) is 128 Å². The van der Waals surface area contributed by atoms with E-state index in [4.69, 9.17) is 0 Å². The number of thiazole rings is 1. The van der Waals surface area contributed by atoms with Crippen LogP contribution in [-0.4, -0.2) is 49.2 Å². The number of thioether (sulfide) groups is 1. The molecule has 166 valence electrons. The monoisotopic (exact) mass is 472 g/mol. The van der Waals surface area contributed by atoms with Crippen LogP contribution in [-0.2, 0) is 14.4 Å². The van der Waals surface area contributed by atoms with Gasteiger partial charge in [-0.25, -0.2) is 4.79 Å². The number of aromatic hydroxyl groups is 1. The molecule has 10 heteroatoms. The number of phenols is 1. The summed E-state index contributed by atoms with van der Waals surface area (Å²) in [6, 6.07) is 5.87. The van der Waals surface area contributed by atoms with E-state index < -0.39 is 29.8 Å². The predicted octanol–water partition coefficient (Wildman–Crippen LogP) is 2.09. The van der Waals surface area contributed by atoms with E-state index in [2.05, 4.69) is 4.98 Å². The quantitative estimate of drug-likeness (QED) is 0.584. The van der Waals surface area contributed by atoms with E-state index >= 15 is 0 Å². The molecule has 0 radical (unpaired) electrons. The molecule has 0 unspecified atom stereocenters. The van der Waals surface area contributed by atoms with E-state index in [1.807, 2.05) is 12.1 Å². The highest BCUT2D eigenvalue weighted by molar-refractivity contribution is 8.00. The summed E-state index contributed by atoms with van der Waals surface area (Å²) in [5.74, 6) is -3.36. The molecule has 0 spiro atoms. The fourth-order valence-electron chi connectivity index (χ4n) is 6.63. The van der Waals surface area contributed by atoms with Crippen molar-refractivity contribution < 1.29 is 24.6 Å². The van der Waals surface area contributed by atoms with Crippen LogP contribution >= 0.6 is 23.1 Å². The zero-order valence-electron chi connectivity index (χ0n) is 16.9. The van der Waals surface area contributed by atoms with E-state index in [-0.39, 0.29) is 45.5 Å². The fraction of sp³-hybridized carbons (Fsp3) is 0.455. The van der Waals surface area contributed by atoms with Crippen molar-refractivity contribution in [3.63, 3.8) is 0 Å². The Labute approximate surface area is 190 Å². The highest BCUT2D eigenvalue weighted by atomic mass is 32.2. The van der Waals surface area contributed by atoms with Crippen LogP contribution in [0.4, 0.5) is 0 Å². The summed E-state index contributed by atoms with van der Waals surface area (Å²) in [6.07, 6.45) is 0.716. The number of rotatable bonds is 3. The molecule has 32 heavy (non-hydrogen) atoms. The van der Waals surface area contributed by atoms with Crippen LogP contribution in [0.25, 0.3) is 0 Å². The van der Waals surface area contributed by atoms with Gasteiger partial charge in [0, 0.05) is 21.6 Å². The van der Waals surface area contributed by atoms with Crippen LogP contribution in [0.2, 0.25) is 0 Å². The summed E-state index contributed by atoms with van der Waals surface area (Å²) >= 11 is 2.69.